The van der Waals surface area contributed by atoms with E-state index in [0.29, 0.717) is 0 Å². The number of anilines is 2. The lowest BCUT2D eigenvalue weighted by Gasteiger charge is -2.14. The van der Waals surface area contributed by atoms with Crippen LogP contribution in [0.5, 0.6) is 5.75 Å². The lowest BCUT2D eigenvalue weighted by Crippen LogP contribution is -2.01. The first-order valence-corrected chi connectivity index (χ1v) is 7.75. The molecule has 0 radical (unpaired) electrons. The summed E-state index contributed by atoms with van der Waals surface area (Å²) in [5, 5.41) is 4.74. The number of methoxy groups -OCH3 is 1. The molecule has 112 valence electrons. The molecule has 0 saturated carbocycles. The number of aromatic nitrogens is 2. The van der Waals surface area contributed by atoms with Gasteiger partial charge >= 0.3 is 0 Å². The molecule has 0 bridgehead atoms. The number of hydrogen-bond acceptors (Lipinski definition) is 3. The molecule has 4 heteroatoms. The summed E-state index contributed by atoms with van der Waals surface area (Å²) >= 11 is 0. The third-order valence-electron chi connectivity index (χ3n) is 4.37. The number of aryl methyl sites for hydroxylation is 2. The zero-order valence-electron chi connectivity index (χ0n) is 12.6. The Morgan fingerprint density at radius 2 is 1.95 bits per heavy atom. The van der Waals surface area contributed by atoms with Crippen molar-refractivity contribution in [2.75, 3.05) is 12.4 Å². The number of pyridine rings is 1. The summed E-state index contributed by atoms with van der Waals surface area (Å²) in [5.74, 6) is 0.844. The normalized spacial score (nSPS) is 13.9. The van der Waals surface area contributed by atoms with Crippen LogP contribution < -0.4 is 10.1 Å². The molecule has 2 heterocycles. The van der Waals surface area contributed by atoms with Crippen LogP contribution in [0.3, 0.4) is 0 Å². The van der Waals surface area contributed by atoms with E-state index in [1.807, 2.05) is 36.5 Å². The van der Waals surface area contributed by atoms with Gasteiger partial charge in [0.2, 0.25) is 0 Å². The molecule has 1 aromatic carbocycles. The molecule has 0 saturated heterocycles. The molecule has 1 aliphatic rings. The Kier molecular flexibility index (Phi) is 3.22. The van der Waals surface area contributed by atoms with E-state index in [2.05, 4.69) is 15.3 Å². The molecule has 2 N–H and O–H groups in total. The van der Waals surface area contributed by atoms with Gasteiger partial charge in [-0.1, -0.05) is 12.1 Å². The molecular weight excluding hydrogens is 274 g/mol. The van der Waals surface area contributed by atoms with Gasteiger partial charge in [-0.2, -0.15) is 0 Å². The maximum absolute atomic E-state index is 5.44. The van der Waals surface area contributed by atoms with Crippen LogP contribution in [0.15, 0.2) is 36.5 Å². The predicted octanol–water partition coefficient (Wildman–Crippen LogP) is 4.19. The highest BCUT2D eigenvalue weighted by Crippen LogP contribution is 2.35. The summed E-state index contributed by atoms with van der Waals surface area (Å²) in [6.45, 7) is 0. The Labute approximate surface area is 129 Å². The second-order valence-corrected chi connectivity index (χ2v) is 5.70. The number of nitrogens with zero attached hydrogens (tertiary/aromatic N) is 1. The van der Waals surface area contributed by atoms with E-state index in [0.717, 1.165) is 35.6 Å². The molecule has 0 atom stereocenters. The van der Waals surface area contributed by atoms with Crippen LogP contribution in [0.1, 0.15) is 24.1 Å². The lowest BCUT2D eigenvalue weighted by molar-refractivity contribution is 0.417. The highest BCUT2D eigenvalue weighted by molar-refractivity contribution is 5.95. The fourth-order valence-corrected chi connectivity index (χ4v) is 3.32. The Morgan fingerprint density at radius 3 is 2.86 bits per heavy atom. The third kappa shape index (κ3) is 2.11. The van der Waals surface area contributed by atoms with Crippen LogP contribution in [0.4, 0.5) is 11.4 Å². The minimum atomic E-state index is 0.844. The van der Waals surface area contributed by atoms with Crippen molar-refractivity contribution in [2.45, 2.75) is 25.7 Å². The zero-order chi connectivity index (χ0) is 14.9. The van der Waals surface area contributed by atoms with Crippen LogP contribution >= 0.6 is 0 Å². The van der Waals surface area contributed by atoms with Gasteiger partial charge in [0, 0.05) is 17.3 Å². The Morgan fingerprint density at radius 1 is 1.09 bits per heavy atom. The first-order chi connectivity index (χ1) is 10.9. The van der Waals surface area contributed by atoms with Crippen LogP contribution in [0.25, 0.3) is 11.0 Å². The summed E-state index contributed by atoms with van der Waals surface area (Å²) in [7, 11) is 1.70. The van der Waals surface area contributed by atoms with Crippen LogP contribution in [-0.4, -0.2) is 17.1 Å². The fourth-order valence-electron chi connectivity index (χ4n) is 3.32. The van der Waals surface area contributed by atoms with E-state index in [-0.39, 0.29) is 0 Å². The summed E-state index contributed by atoms with van der Waals surface area (Å²) in [5.41, 5.74) is 5.82. The SMILES string of the molecule is COc1ccccc1Nc1ccnc2[nH]c3c(c12)CCCC3. The Bertz CT molecular complexity index is 822. The predicted molar refractivity (Wildman–Crippen MR) is 89.0 cm³/mol. The topological polar surface area (TPSA) is 49.9 Å². The van der Waals surface area contributed by atoms with Crippen molar-refractivity contribution in [1.82, 2.24) is 9.97 Å². The third-order valence-corrected chi connectivity index (χ3v) is 4.37. The minimum absolute atomic E-state index is 0.844. The first kappa shape index (κ1) is 13.2. The van der Waals surface area contributed by atoms with Gasteiger partial charge < -0.3 is 15.0 Å². The minimum Gasteiger partial charge on any atom is -0.495 e. The molecule has 0 spiro atoms. The summed E-state index contributed by atoms with van der Waals surface area (Å²) in [6, 6.07) is 10.0. The number of aromatic amines is 1. The number of rotatable bonds is 3. The van der Waals surface area contributed by atoms with E-state index >= 15 is 0 Å². The molecule has 0 amide bonds. The number of para-hydroxylation sites is 2. The number of ether oxygens (including phenoxy) is 1. The second-order valence-electron chi connectivity index (χ2n) is 5.70. The van der Waals surface area contributed by atoms with E-state index < -0.39 is 0 Å². The first-order valence-electron chi connectivity index (χ1n) is 7.75. The molecule has 1 aliphatic carbocycles. The van der Waals surface area contributed by atoms with Gasteiger partial charge in [-0.05, 0) is 49.4 Å². The molecule has 3 aromatic rings. The molecule has 2 aromatic heterocycles. The monoisotopic (exact) mass is 293 g/mol. The number of H-pyrrole nitrogens is 1. The van der Waals surface area contributed by atoms with Crippen molar-refractivity contribution in [3.8, 4) is 5.75 Å². The summed E-state index contributed by atoms with van der Waals surface area (Å²) in [6.07, 6.45) is 6.61. The Hall–Kier alpha value is -2.49. The van der Waals surface area contributed by atoms with Gasteiger partial charge in [0.1, 0.15) is 11.4 Å². The lowest BCUT2D eigenvalue weighted by atomic mass is 9.95. The van der Waals surface area contributed by atoms with Gasteiger partial charge in [-0.15, -0.1) is 0 Å². The maximum Gasteiger partial charge on any atom is 0.142 e. The van der Waals surface area contributed by atoms with Crippen molar-refractivity contribution in [1.29, 1.82) is 0 Å². The van der Waals surface area contributed by atoms with Crippen molar-refractivity contribution in [3.05, 3.63) is 47.8 Å². The highest BCUT2D eigenvalue weighted by atomic mass is 16.5. The quantitative estimate of drug-likeness (QED) is 0.761. The maximum atomic E-state index is 5.44. The van der Waals surface area contributed by atoms with E-state index in [1.165, 1.54) is 29.5 Å². The van der Waals surface area contributed by atoms with Crippen molar-refractivity contribution < 1.29 is 4.74 Å². The molecular formula is C18H19N3O. The van der Waals surface area contributed by atoms with Crippen LogP contribution in [-0.2, 0) is 12.8 Å². The fraction of sp³-hybridized carbons (Fsp3) is 0.278. The number of hydrogen-bond donors (Lipinski definition) is 2. The van der Waals surface area contributed by atoms with Crippen LogP contribution in [0, 0.1) is 0 Å². The molecule has 4 rings (SSSR count). The van der Waals surface area contributed by atoms with Crippen molar-refractivity contribution in [2.24, 2.45) is 0 Å². The van der Waals surface area contributed by atoms with Crippen molar-refractivity contribution >= 4 is 22.4 Å². The molecule has 0 fully saturated rings. The van der Waals surface area contributed by atoms with Crippen LogP contribution in [0.2, 0.25) is 0 Å². The van der Waals surface area contributed by atoms with E-state index in [9.17, 15) is 0 Å². The number of benzene rings is 1. The van der Waals surface area contributed by atoms with Gasteiger partial charge in [0.25, 0.3) is 0 Å². The molecule has 0 aliphatic heterocycles. The van der Waals surface area contributed by atoms with Gasteiger partial charge in [0.15, 0.2) is 0 Å². The van der Waals surface area contributed by atoms with Gasteiger partial charge in [-0.3, -0.25) is 0 Å². The Balaban J connectivity index is 1.83. The summed E-state index contributed by atoms with van der Waals surface area (Å²) < 4.78 is 5.44. The molecule has 0 unspecified atom stereocenters. The second kappa shape index (κ2) is 5.37. The molecule has 4 nitrogen and oxygen atoms in total. The van der Waals surface area contributed by atoms with Crippen molar-refractivity contribution in [3.63, 3.8) is 0 Å². The number of fused-ring (bicyclic) bond motifs is 3. The average Bonchev–Trinajstić information content (AvgIpc) is 2.95. The standard InChI is InChI=1S/C18H19N3O/c1-22-16-9-5-4-8-14(16)20-15-10-11-19-18-17(15)12-6-2-3-7-13(12)21-18/h4-5,8-11H,2-3,6-7H2,1H3,(H2,19,20,21). The summed E-state index contributed by atoms with van der Waals surface area (Å²) in [4.78, 5) is 7.99. The largest absolute Gasteiger partial charge is 0.495 e. The molecule has 22 heavy (non-hydrogen) atoms. The van der Waals surface area contributed by atoms with Gasteiger partial charge in [0.05, 0.1) is 18.5 Å². The van der Waals surface area contributed by atoms with Gasteiger partial charge in [-0.25, -0.2) is 4.98 Å². The average molecular weight is 293 g/mol. The highest BCUT2D eigenvalue weighted by Gasteiger charge is 2.18. The zero-order valence-corrected chi connectivity index (χ0v) is 12.6. The smallest absolute Gasteiger partial charge is 0.142 e. The van der Waals surface area contributed by atoms with E-state index in [4.69, 9.17) is 4.74 Å². The number of nitrogens with one attached hydrogen (secondary N) is 2. The van der Waals surface area contributed by atoms with E-state index in [1.54, 1.807) is 7.11 Å².